The fraction of sp³-hybridized carbons (Fsp3) is 0.923. The number of carbonyl (C=O) groups excluding carboxylic acids is 1. The van der Waals surface area contributed by atoms with E-state index in [1.54, 1.807) is 0 Å². The summed E-state index contributed by atoms with van der Waals surface area (Å²) in [4.78, 5) is 11.8. The summed E-state index contributed by atoms with van der Waals surface area (Å²) in [5.41, 5.74) is 0. The summed E-state index contributed by atoms with van der Waals surface area (Å²) in [5, 5.41) is 3.19. The first-order chi connectivity index (χ1) is 7.13. The minimum Gasteiger partial charge on any atom is -0.353 e. The molecule has 0 radical (unpaired) electrons. The van der Waals surface area contributed by atoms with Gasteiger partial charge < -0.3 is 5.32 Å². The van der Waals surface area contributed by atoms with Crippen LogP contribution in [-0.4, -0.2) is 11.9 Å². The summed E-state index contributed by atoms with van der Waals surface area (Å²) in [7, 11) is 0. The molecule has 1 aliphatic carbocycles. The average molecular weight is 211 g/mol. The van der Waals surface area contributed by atoms with Crippen molar-refractivity contribution in [3.05, 3.63) is 0 Å². The zero-order valence-electron chi connectivity index (χ0n) is 10.4. The third-order valence-corrected chi connectivity index (χ3v) is 3.45. The Morgan fingerprint density at radius 3 is 2.80 bits per heavy atom. The number of rotatable bonds is 4. The Hall–Kier alpha value is -0.530. The minimum atomic E-state index is 0.187. The van der Waals surface area contributed by atoms with Crippen LogP contribution in [0.5, 0.6) is 0 Å². The molecule has 1 N–H and O–H groups in total. The highest BCUT2D eigenvalue weighted by Crippen LogP contribution is 2.23. The average Bonchev–Trinajstić information content (AvgIpc) is 2.18. The maximum atomic E-state index is 11.8. The Bertz CT molecular complexity index is 203. The molecule has 88 valence electrons. The van der Waals surface area contributed by atoms with Crippen LogP contribution in [-0.2, 0) is 4.79 Å². The van der Waals surface area contributed by atoms with E-state index in [9.17, 15) is 4.79 Å². The standard InChI is InChI=1S/C13H25NO/c1-4-6-11(3)13(15)14-12-8-5-7-10(2)9-12/h10-12H,4-9H2,1-3H3,(H,14,15). The summed E-state index contributed by atoms with van der Waals surface area (Å²) in [6, 6.07) is 0.445. The Kier molecular flexibility index (Phi) is 5.13. The van der Waals surface area contributed by atoms with Crippen molar-refractivity contribution >= 4 is 5.91 Å². The number of hydrogen-bond acceptors (Lipinski definition) is 1. The lowest BCUT2D eigenvalue weighted by molar-refractivity contribution is -0.125. The summed E-state index contributed by atoms with van der Waals surface area (Å²) in [5.74, 6) is 1.23. The van der Waals surface area contributed by atoms with Gasteiger partial charge in [0, 0.05) is 12.0 Å². The normalized spacial score (nSPS) is 28.5. The van der Waals surface area contributed by atoms with Crippen LogP contribution in [0.4, 0.5) is 0 Å². The topological polar surface area (TPSA) is 29.1 Å². The first-order valence-corrected chi connectivity index (χ1v) is 6.43. The summed E-state index contributed by atoms with van der Waals surface area (Å²) >= 11 is 0. The van der Waals surface area contributed by atoms with Gasteiger partial charge in [-0.15, -0.1) is 0 Å². The highest BCUT2D eigenvalue weighted by molar-refractivity contribution is 5.78. The van der Waals surface area contributed by atoms with E-state index in [0.717, 1.165) is 18.8 Å². The molecule has 1 amide bonds. The van der Waals surface area contributed by atoms with E-state index in [0.29, 0.717) is 6.04 Å². The molecule has 1 fully saturated rings. The molecule has 0 heterocycles. The highest BCUT2D eigenvalue weighted by Gasteiger charge is 2.22. The predicted octanol–water partition coefficient (Wildman–Crippen LogP) is 3.12. The Morgan fingerprint density at radius 2 is 2.20 bits per heavy atom. The van der Waals surface area contributed by atoms with Crippen molar-refractivity contribution in [1.82, 2.24) is 5.32 Å². The number of nitrogens with one attached hydrogen (secondary N) is 1. The van der Waals surface area contributed by atoms with E-state index in [1.165, 1.54) is 25.7 Å². The third-order valence-electron chi connectivity index (χ3n) is 3.45. The van der Waals surface area contributed by atoms with Crippen molar-refractivity contribution in [2.24, 2.45) is 11.8 Å². The van der Waals surface area contributed by atoms with Crippen molar-refractivity contribution < 1.29 is 4.79 Å². The Labute approximate surface area is 93.8 Å². The van der Waals surface area contributed by atoms with Crippen LogP contribution in [0.1, 0.15) is 59.3 Å². The number of hydrogen-bond donors (Lipinski definition) is 1. The van der Waals surface area contributed by atoms with Gasteiger partial charge >= 0.3 is 0 Å². The summed E-state index contributed by atoms with van der Waals surface area (Å²) < 4.78 is 0. The van der Waals surface area contributed by atoms with Crippen molar-refractivity contribution in [3.8, 4) is 0 Å². The first-order valence-electron chi connectivity index (χ1n) is 6.43. The van der Waals surface area contributed by atoms with E-state index in [2.05, 4.69) is 19.2 Å². The minimum absolute atomic E-state index is 0.187. The number of amides is 1. The molecule has 0 aromatic rings. The molecule has 3 atom stereocenters. The maximum Gasteiger partial charge on any atom is 0.223 e. The van der Waals surface area contributed by atoms with Crippen LogP contribution in [0.15, 0.2) is 0 Å². The van der Waals surface area contributed by atoms with Crippen LogP contribution in [0, 0.1) is 11.8 Å². The van der Waals surface area contributed by atoms with Gasteiger partial charge in [0.15, 0.2) is 0 Å². The molecule has 1 rings (SSSR count). The van der Waals surface area contributed by atoms with Gasteiger partial charge in [-0.3, -0.25) is 4.79 Å². The molecule has 3 unspecified atom stereocenters. The van der Waals surface area contributed by atoms with Crippen LogP contribution in [0.2, 0.25) is 0 Å². The monoisotopic (exact) mass is 211 g/mol. The molecule has 0 aromatic carbocycles. The zero-order valence-corrected chi connectivity index (χ0v) is 10.4. The lowest BCUT2D eigenvalue weighted by Crippen LogP contribution is -2.40. The van der Waals surface area contributed by atoms with Crippen molar-refractivity contribution in [3.63, 3.8) is 0 Å². The van der Waals surface area contributed by atoms with Gasteiger partial charge in [0.2, 0.25) is 5.91 Å². The van der Waals surface area contributed by atoms with Crippen molar-refractivity contribution in [2.75, 3.05) is 0 Å². The molecular weight excluding hydrogens is 186 g/mol. The molecule has 2 heteroatoms. The Balaban J connectivity index is 2.30. The van der Waals surface area contributed by atoms with Crippen LogP contribution >= 0.6 is 0 Å². The van der Waals surface area contributed by atoms with E-state index >= 15 is 0 Å². The maximum absolute atomic E-state index is 11.8. The second-order valence-electron chi connectivity index (χ2n) is 5.17. The van der Waals surface area contributed by atoms with E-state index in [1.807, 2.05) is 6.92 Å². The fourth-order valence-electron chi connectivity index (χ4n) is 2.47. The molecule has 15 heavy (non-hydrogen) atoms. The molecule has 1 aliphatic rings. The van der Waals surface area contributed by atoms with E-state index in [4.69, 9.17) is 0 Å². The van der Waals surface area contributed by atoms with Gasteiger partial charge in [-0.05, 0) is 25.2 Å². The predicted molar refractivity (Wildman–Crippen MR) is 63.6 cm³/mol. The first kappa shape index (κ1) is 12.5. The smallest absolute Gasteiger partial charge is 0.223 e. The fourth-order valence-corrected chi connectivity index (χ4v) is 2.47. The summed E-state index contributed by atoms with van der Waals surface area (Å²) in [6.07, 6.45) is 7.05. The second-order valence-corrected chi connectivity index (χ2v) is 5.17. The molecule has 0 aromatic heterocycles. The Morgan fingerprint density at radius 1 is 1.47 bits per heavy atom. The SMILES string of the molecule is CCCC(C)C(=O)NC1CCCC(C)C1. The molecule has 1 saturated carbocycles. The van der Waals surface area contributed by atoms with Crippen LogP contribution < -0.4 is 5.32 Å². The number of carbonyl (C=O) groups is 1. The molecule has 0 bridgehead atoms. The largest absolute Gasteiger partial charge is 0.353 e. The van der Waals surface area contributed by atoms with Gasteiger partial charge in [0.05, 0.1) is 0 Å². The van der Waals surface area contributed by atoms with Gasteiger partial charge in [0.25, 0.3) is 0 Å². The molecule has 0 saturated heterocycles. The van der Waals surface area contributed by atoms with E-state index in [-0.39, 0.29) is 11.8 Å². The van der Waals surface area contributed by atoms with Gasteiger partial charge in [-0.2, -0.15) is 0 Å². The highest BCUT2D eigenvalue weighted by atomic mass is 16.1. The van der Waals surface area contributed by atoms with Crippen molar-refractivity contribution in [1.29, 1.82) is 0 Å². The zero-order chi connectivity index (χ0) is 11.3. The molecule has 0 aliphatic heterocycles. The molecular formula is C13H25NO. The van der Waals surface area contributed by atoms with Crippen LogP contribution in [0.3, 0.4) is 0 Å². The van der Waals surface area contributed by atoms with Gasteiger partial charge in [-0.1, -0.05) is 40.0 Å². The molecule has 2 nitrogen and oxygen atoms in total. The lowest BCUT2D eigenvalue weighted by atomic mass is 9.87. The van der Waals surface area contributed by atoms with Gasteiger partial charge in [0.1, 0.15) is 0 Å². The summed E-state index contributed by atoms with van der Waals surface area (Å²) in [6.45, 7) is 6.45. The van der Waals surface area contributed by atoms with Gasteiger partial charge in [-0.25, -0.2) is 0 Å². The second kappa shape index (κ2) is 6.14. The van der Waals surface area contributed by atoms with Crippen LogP contribution in [0.25, 0.3) is 0 Å². The molecule has 0 spiro atoms. The van der Waals surface area contributed by atoms with Crippen molar-refractivity contribution in [2.45, 2.75) is 65.3 Å². The quantitative estimate of drug-likeness (QED) is 0.760. The van der Waals surface area contributed by atoms with E-state index < -0.39 is 0 Å². The third kappa shape index (κ3) is 4.23. The lowest BCUT2D eigenvalue weighted by Gasteiger charge is -2.28.